The van der Waals surface area contributed by atoms with Gasteiger partial charge in [0.1, 0.15) is 5.82 Å². The van der Waals surface area contributed by atoms with E-state index in [2.05, 4.69) is 41.7 Å². The second kappa shape index (κ2) is 8.59. The molecule has 6 nitrogen and oxygen atoms in total. The van der Waals surface area contributed by atoms with Crippen molar-refractivity contribution in [3.63, 3.8) is 0 Å². The molecule has 1 aromatic heterocycles. The molecule has 122 valence electrons. The topological polar surface area (TPSA) is 70.2 Å². The van der Waals surface area contributed by atoms with Crippen molar-refractivity contribution < 1.29 is 4.79 Å². The van der Waals surface area contributed by atoms with Crippen LogP contribution in [0, 0.1) is 0 Å². The Morgan fingerprint density at radius 1 is 1.17 bits per heavy atom. The first-order valence-electron chi connectivity index (χ1n) is 7.34. The van der Waals surface area contributed by atoms with Gasteiger partial charge in [-0.25, -0.2) is 0 Å². The largest absolute Gasteiger partial charge is 0.369 e. The standard InChI is InChI=1S/C16H20BrN5O/c1-22(2)11-5-10-18-15-9-8-14(20-21-15)16(23)19-13-7-4-3-6-12(13)17/h3-4,6-9H,5,10-11H2,1-2H3,(H,18,21)(H,19,23). The number of nitrogens with one attached hydrogen (secondary N) is 2. The van der Waals surface area contributed by atoms with E-state index in [-0.39, 0.29) is 11.6 Å². The Morgan fingerprint density at radius 2 is 1.96 bits per heavy atom. The molecule has 0 aliphatic carbocycles. The predicted molar refractivity (Wildman–Crippen MR) is 95.8 cm³/mol. The molecule has 0 unspecified atom stereocenters. The highest BCUT2D eigenvalue weighted by Crippen LogP contribution is 2.21. The summed E-state index contributed by atoms with van der Waals surface area (Å²) in [5.41, 5.74) is 0.977. The van der Waals surface area contributed by atoms with E-state index in [0.717, 1.165) is 24.0 Å². The molecule has 0 fully saturated rings. The molecule has 2 rings (SSSR count). The summed E-state index contributed by atoms with van der Waals surface area (Å²) in [6.45, 7) is 1.82. The van der Waals surface area contributed by atoms with E-state index in [1.54, 1.807) is 12.1 Å². The molecule has 0 aliphatic rings. The number of amides is 1. The van der Waals surface area contributed by atoms with Crippen LogP contribution >= 0.6 is 15.9 Å². The van der Waals surface area contributed by atoms with Crippen molar-refractivity contribution >= 4 is 33.3 Å². The third-order valence-electron chi connectivity index (χ3n) is 3.11. The fourth-order valence-corrected chi connectivity index (χ4v) is 2.29. The van der Waals surface area contributed by atoms with Crippen LogP contribution in [0.4, 0.5) is 11.5 Å². The lowest BCUT2D eigenvalue weighted by atomic mass is 10.3. The minimum Gasteiger partial charge on any atom is -0.369 e. The lowest BCUT2D eigenvalue weighted by molar-refractivity contribution is 0.102. The summed E-state index contributed by atoms with van der Waals surface area (Å²) in [7, 11) is 4.08. The van der Waals surface area contributed by atoms with Crippen LogP contribution in [0.25, 0.3) is 0 Å². The summed E-state index contributed by atoms with van der Waals surface area (Å²) in [6.07, 6.45) is 1.01. The van der Waals surface area contributed by atoms with Gasteiger partial charge in [-0.3, -0.25) is 4.79 Å². The number of carbonyl (C=O) groups excluding carboxylic acids is 1. The molecule has 0 aliphatic heterocycles. The van der Waals surface area contributed by atoms with Crippen LogP contribution in [0.3, 0.4) is 0 Å². The first kappa shape index (κ1) is 17.4. The van der Waals surface area contributed by atoms with E-state index in [9.17, 15) is 4.79 Å². The molecule has 0 saturated carbocycles. The summed E-state index contributed by atoms with van der Waals surface area (Å²) >= 11 is 3.39. The Kier molecular flexibility index (Phi) is 6.49. The van der Waals surface area contributed by atoms with E-state index in [1.165, 1.54) is 0 Å². The number of rotatable bonds is 7. The van der Waals surface area contributed by atoms with Gasteiger partial charge in [0.15, 0.2) is 5.69 Å². The van der Waals surface area contributed by atoms with E-state index in [1.807, 2.05) is 38.4 Å². The van der Waals surface area contributed by atoms with E-state index in [4.69, 9.17) is 0 Å². The average Bonchev–Trinajstić information content (AvgIpc) is 2.54. The summed E-state index contributed by atoms with van der Waals surface area (Å²) in [4.78, 5) is 14.3. The highest BCUT2D eigenvalue weighted by Gasteiger charge is 2.10. The monoisotopic (exact) mass is 377 g/mol. The molecule has 1 aromatic carbocycles. The number of anilines is 2. The van der Waals surface area contributed by atoms with Gasteiger partial charge >= 0.3 is 0 Å². The molecule has 1 heterocycles. The molecule has 2 N–H and O–H groups in total. The molecular weight excluding hydrogens is 358 g/mol. The van der Waals surface area contributed by atoms with Crippen molar-refractivity contribution in [2.24, 2.45) is 0 Å². The van der Waals surface area contributed by atoms with Crippen LogP contribution in [0.15, 0.2) is 40.9 Å². The van der Waals surface area contributed by atoms with Crippen LogP contribution in [0.5, 0.6) is 0 Å². The van der Waals surface area contributed by atoms with Gasteiger partial charge in [-0.1, -0.05) is 12.1 Å². The molecule has 2 aromatic rings. The molecule has 0 atom stereocenters. The first-order chi connectivity index (χ1) is 11.1. The second-order valence-electron chi connectivity index (χ2n) is 5.32. The van der Waals surface area contributed by atoms with Crippen molar-refractivity contribution in [2.75, 3.05) is 37.8 Å². The summed E-state index contributed by atoms with van der Waals surface area (Å²) in [5, 5.41) is 14.0. The number of carbonyl (C=O) groups is 1. The average molecular weight is 378 g/mol. The van der Waals surface area contributed by atoms with Gasteiger partial charge in [-0.2, -0.15) is 0 Å². The summed E-state index contributed by atoms with van der Waals surface area (Å²) in [6, 6.07) is 10.8. The Bertz CT molecular complexity index is 645. The van der Waals surface area contributed by atoms with Crippen molar-refractivity contribution in [3.05, 3.63) is 46.6 Å². The zero-order valence-corrected chi connectivity index (χ0v) is 14.8. The van der Waals surface area contributed by atoms with Crippen LogP contribution < -0.4 is 10.6 Å². The smallest absolute Gasteiger partial charge is 0.276 e. The van der Waals surface area contributed by atoms with Gasteiger partial charge < -0.3 is 15.5 Å². The fourth-order valence-electron chi connectivity index (χ4n) is 1.91. The number of hydrogen-bond donors (Lipinski definition) is 2. The number of halogens is 1. The maximum absolute atomic E-state index is 12.2. The highest BCUT2D eigenvalue weighted by molar-refractivity contribution is 9.10. The minimum absolute atomic E-state index is 0.277. The van der Waals surface area contributed by atoms with Gasteiger partial charge in [-0.15, -0.1) is 10.2 Å². The normalized spacial score (nSPS) is 10.6. The Balaban J connectivity index is 1.89. The molecule has 0 radical (unpaired) electrons. The molecule has 0 spiro atoms. The maximum Gasteiger partial charge on any atom is 0.276 e. The number of benzene rings is 1. The van der Waals surface area contributed by atoms with Gasteiger partial charge in [0.2, 0.25) is 0 Å². The van der Waals surface area contributed by atoms with Gasteiger partial charge in [-0.05, 0) is 67.3 Å². The third kappa shape index (κ3) is 5.61. The second-order valence-corrected chi connectivity index (χ2v) is 6.18. The Hall–Kier alpha value is -1.99. The summed E-state index contributed by atoms with van der Waals surface area (Å²) in [5.74, 6) is 0.379. The van der Waals surface area contributed by atoms with Crippen LogP contribution in [-0.4, -0.2) is 48.2 Å². The molecular formula is C16H20BrN5O. The molecule has 0 saturated heterocycles. The quantitative estimate of drug-likeness (QED) is 0.726. The van der Waals surface area contributed by atoms with E-state index in [0.29, 0.717) is 11.5 Å². The number of para-hydroxylation sites is 1. The van der Waals surface area contributed by atoms with Crippen LogP contribution in [0.1, 0.15) is 16.9 Å². The predicted octanol–water partition coefficient (Wildman–Crippen LogP) is 2.86. The fraction of sp³-hybridized carbons (Fsp3) is 0.312. The van der Waals surface area contributed by atoms with Crippen LogP contribution in [0.2, 0.25) is 0 Å². The SMILES string of the molecule is CN(C)CCCNc1ccc(C(=O)Nc2ccccc2Br)nn1. The van der Waals surface area contributed by atoms with E-state index >= 15 is 0 Å². The number of aromatic nitrogens is 2. The van der Waals surface area contributed by atoms with Gasteiger partial charge in [0, 0.05) is 11.0 Å². The van der Waals surface area contributed by atoms with Crippen molar-refractivity contribution in [3.8, 4) is 0 Å². The molecule has 0 bridgehead atoms. The lowest BCUT2D eigenvalue weighted by Crippen LogP contribution is -2.17. The Labute approximate surface area is 144 Å². The van der Waals surface area contributed by atoms with Gasteiger partial charge in [0.25, 0.3) is 5.91 Å². The number of nitrogens with zero attached hydrogens (tertiary/aromatic N) is 3. The highest BCUT2D eigenvalue weighted by atomic mass is 79.9. The van der Waals surface area contributed by atoms with Crippen molar-refractivity contribution in [2.45, 2.75) is 6.42 Å². The maximum atomic E-state index is 12.2. The zero-order chi connectivity index (χ0) is 16.7. The summed E-state index contributed by atoms with van der Waals surface area (Å²) < 4.78 is 0.820. The third-order valence-corrected chi connectivity index (χ3v) is 3.80. The van der Waals surface area contributed by atoms with Crippen molar-refractivity contribution in [1.29, 1.82) is 0 Å². The Morgan fingerprint density at radius 3 is 2.61 bits per heavy atom. The lowest BCUT2D eigenvalue weighted by Gasteiger charge is -2.10. The zero-order valence-electron chi connectivity index (χ0n) is 13.2. The minimum atomic E-state index is -0.288. The number of hydrogen-bond acceptors (Lipinski definition) is 5. The van der Waals surface area contributed by atoms with E-state index < -0.39 is 0 Å². The first-order valence-corrected chi connectivity index (χ1v) is 8.14. The van der Waals surface area contributed by atoms with Crippen molar-refractivity contribution in [1.82, 2.24) is 15.1 Å². The molecule has 1 amide bonds. The van der Waals surface area contributed by atoms with Gasteiger partial charge in [0.05, 0.1) is 5.69 Å². The molecule has 7 heteroatoms. The van der Waals surface area contributed by atoms with Crippen LogP contribution in [-0.2, 0) is 0 Å². The molecule has 23 heavy (non-hydrogen) atoms.